The van der Waals surface area contributed by atoms with Gasteiger partial charge in [0.1, 0.15) is 6.61 Å². The molecule has 6 heteroatoms. The largest absolute Gasteiger partial charge is 0.490 e. The van der Waals surface area contributed by atoms with Crippen LogP contribution in [0.3, 0.4) is 0 Å². The van der Waals surface area contributed by atoms with Crippen LogP contribution in [0.4, 0.5) is 0 Å². The van der Waals surface area contributed by atoms with Gasteiger partial charge >= 0.3 is 0 Å². The number of benzene rings is 2. The molecule has 1 N–H and O–H groups in total. The lowest BCUT2D eigenvalue weighted by atomic mass is 10.1. The fraction of sp³-hybridized carbons (Fsp3) is 0.429. The van der Waals surface area contributed by atoms with Gasteiger partial charge in [0.2, 0.25) is 0 Å². The number of ether oxygens (including phenoxy) is 3. The van der Waals surface area contributed by atoms with E-state index in [0.29, 0.717) is 24.8 Å². The Morgan fingerprint density at radius 2 is 1.70 bits per heavy atom. The first kappa shape index (κ1) is 23.6. The first-order valence-electron chi connectivity index (χ1n) is 9.15. The molecule has 0 saturated carbocycles. The van der Waals surface area contributed by atoms with Crippen molar-refractivity contribution in [2.24, 2.45) is 0 Å². The van der Waals surface area contributed by atoms with Gasteiger partial charge < -0.3 is 19.5 Å². The van der Waals surface area contributed by atoms with Crippen LogP contribution >= 0.6 is 24.0 Å². The Kier molecular flexibility index (Phi) is 11.9. The number of hydrogen-bond acceptors (Lipinski definition) is 4. The highest BCUT2D eigenvalue weighted by Crippen LogP contribution is 2.32. The molecule has 4 nitrogen and oxygen atoms in total. The molecule has 0 aliphatic heterocycles. The summed E-state index contributed by atoms with van der Waals surface area (Å²) < 4.78 is 17.2. The SMILES string of the molecule is CCOCCCNCc1cccc(OCC)c1OCc1ccccc1Cl.Cl. The lowest BCUT2D eigenvalue weighted by Crippen LogP contribution is -2.17. The molecule has 0 aromatic heterocycles. The van der Waals surface area contributed by atoms with Crippen LogP contribution in [-0.4, -0.2) is 26.4 Å². The van der Waals surface area contributed by atoms with Gasteiger partial charge in [-0.1, -0.05) is 41.9 Å². The van der Waals surface area contributed by atoms with Gasteiger partial charge in [0, 0.05) is 35.9 Å². The number of rotatable bonds is 12. The molecular formula is C21H29Cl2NO3. The minimum absolute atomic E-state index is 0. The van der Waals surface area contributed by atoms with Gasteiger partial charge in [-0.2, -0.15) is 0 Å². The first-order valence-corrected chi connectivity index (χ1v) is 9.53. The molecule has 0 unspecified atom stereocenters. The Morgan fingerprint density at radius 3 is 2.44 bits per heavy atom. The maximum atomic E-state index is 6.24. The van der Waals surface area contributed by atoms with Crippen molar-refractivity contribution in [3.05, 3.63) is 58.6 Å². The van der Waals surface area contributed by atoms with E-state index in [0.717, 1.165) is 48.8 Å². The van der Waals surface area contributed by atoms with E-state index in [1.54, 1.807) is 0 Å². The van der Waals surface area contributed by atoms with E-state index in [-0.39, 0.29) is 12.4 Å². The van der Waals surface area contributed by atoms with E-state index in [2.05, 4.69) is 11.4 Å². The number of para-hydroxylation sites is 1. The average molecular weight is 414 g/mol. The van der Waals surface area contributed by atoms with Crippen molar-refractivity contribution < 1.29 is 14.2 Å². The molecule has 2 rings (SSSR count). The summed E-state index contributed by atoms with van der Waals surface area (Å²) in [5.74, 6) is 1.53. The van der Waals surface area contributed by atoms with Crippen molar-refractivity contribution in [1.29, 1.82) is 0 Å². The van der Waals surface area contributed by atoms with Gasteiger partial charge in [-0.3, -0.25) is 0 Å². The molecule has 2 aromatic rings. The van der Waals surface area contributed by atoms with Crippen molar-refractivity contribution in [3.63, 3.8) is 0 Å². The smallest absolute Gasteiger partial charge is 0.166 e. The van der Waals surface area contributed by atoms with Gasteiger partial charge in [0.05, 0.1) is 6.61 Å². The van der Waals surface area contributed by atoms with Gasteiger partial charge in [-0.25, -0.2) is 0 Å². The minimum Gasteiger partial charge on any atom is -0.490 e. The van der Waals surface area contributed by atoms with Crippen LogP contribution in [0.25, 0.3) is 0 Å². The molecule has 0 amide bonds. The number of halogens is 2. The number of hydrogen-bond donors (Lipinski definition) is 1. The Balaban J connectivity index is 0.00000364. The van der Waals surface area contributed by atoms with Crippen molar-refractivity contribution in [3.8, 4) is 11.5 Å². The molecule has 0 aliphatic carbocycles. The summed E-state index contributed by atoms with van der Waals surface area (Å²) in [6.07, 6.45) is 0.981. The van der Waals surface area contributed by atoms with E-state index in [1.165, 1.54) is 0 Å². The van der Waals surface area contributed by atoms with Crippen molar-refractivity contribution in [1.82, 2.24) is 5.32 Å². The maximum Gasteiger partial charge on any atom is 0.166 e. The number of nitrogens with one attached hydrogen (secondary N) is 1. The highest BCUT2D eigenvalue weighted by molar-refractivity contribution is 6.31. The summed E-state index contributed by atoms with van der Waals surface area (Å²) >= 11 is 6.24. The summed E-state index contributed by atoms with van der Waals surface area (Å²) in [5.41, 5.74) is 2.02. The maximum absolute atomic E-state index is 6.24. The van der Waals surface area contributed by atoms with E-state index in [9.17, 15) is 0 Å². The van der Waals surface area contributed by atoms with E-state index in [1.807, 2.05) is 50.2 Å². The summed E-state index contributed by atoms with van der Waals surface area (Å²) in [4.78, 5) is 0. The van der Waals surface area contributed by atoms with Crippen LogP contribution in [-0.2, 0) is 17.9 Å². The molecule has 0 heterocycles. The van der Waals surface area contributed by atoms with Crippen molar-refractivity contribution >= 4 is 24.0 Å². The second kappa shape index (κ2) is 13.7. The van der Waals surface area contributed by atoms with Crippen molar-refractivity contribution in [2.45, 2.75) is 33.4 Å². The van der Waals surface area contributed by atoms with Crippen LogP contribution in [0.15, 0.2) is 42.5 Å². The van der Waals surface area contributed by atoms with Gasteiger partial charge in [0.25, 0.3) is 0 Å². The molecule has 0 spiro atoms. The van der Waals surface area contributed by atoms with Crippen molar-refractivity contribution in [2.75, 3.05) is 26.4 Å². The fourth-order valence-electron chi connectivity index (χ4n) is 2.57. The van der Waals surface area contributed by atoms with Gasteiger partial charge in [0.15, 0.2) is 11.5 Å². The summed E-state index contributed by atoms with van der Waals surface area (Å²) in [6.45, 7) is 8.11. The van der Waals surface area contributed by atoms with Crippen LogP contribution in [0.5, 0.6) is 11.5 Å². The van der Waals surface area contributed by atoms with Crippen LogP contribution in [0.1, 0.15) is 31.4 Å². The molecule has 0 aliphatic rings. The fourth-order valence-corrected chi connectivity index (χ4v) is 2.76. The molecule has 0 bridgehead atoms. The van der Waals surface area contributed by atoms with E-state index in [4.69, 9.17) is 25.8 Å². The monoisotopic (exact) mass is 413 g/mol. The normalized spacial score (nSPS) is 10.3. The first-order chi connectivity index (χ1) is 12.8. The second-order valence-corrected chi connectivity index (χ2v) is 6.19. The third-order valence-corrected chi connectivity index (χ3v) is 4.22. The summed E-state index contributed by atoms with van der Waals surface area (Å²) in [5, 5.41) is 4.14. The predicted octanol–water partition coefficient (Wildman–Crippen LogP) is 5.26. The zero-order valence-electron chi connectivity index (χ0n) is 16.0. The zero-order chi connectivity index (χ0) is 18.6. The molecule has 150 valence electrons. The molecule has 0 atom stereocenters. The topological polar surface area (TPSA) is 39.7 Å². The second-order valence-electron chi connectivity index (χ2n) is 5.78. The van der Waals surface area contributed by atoms with E-state index >= 15 is 0 Å². The Morgan fingerprint density at radius 1 is 0.926 bits per heavy atom. The molecule has 0 saturated heterocycles. The zero-order valence-corrected chi connectivity index (χ0v) is 17.6. The Labute approximate surface area is 173 Å². The van der Waals surface area contributed by atoms with Crippen LogP contribution in [0, 0.1) is 0 Å². The van der Waals surface area contributed by atoms with Gasteiger partial charge in [-0.15, -0.1) is 12.4 Å². The van der Waals surface area contributed by atoms with Crippen LogP contribution in [0.2, 0.25) is 5.02 Å². The lowest BCUT2D eigenvalue weighted by Gasteiger charge is -2.17. The lowest BCUT2D eigenvalue weighted by molar-refractivity contribution is 0.144. The molecule has 0 radical (unpaired) electrons. The molecule has 27 heavy (non-hydrogen) atoms. The highest BCUT2D eigenvalue weighted by Gasteiger charge is 2.12. The quantitative estimate of drug-likeness (QED) is 0.481. The van der Waals surface area contributed by atoms with Crippen LogP contribution < -0.4 is 14.8 Å². The Hall–Kier alpha value is -1.46. The molecule has 2 aromatic carbocycles. The molecular weight excluding hydrogens is 385 g/mol. The Bertz CT molecular complexity index is 668. The third-order valence-electron chi connectivity index (χ3n) is 3.85. The summed E-state index contributed by atoms with van der Waals surface area (Å²) in [7, 11) is 0. The van der Waals surface area contributed by atoms with E-state index < -0.39 is 0 Å². The summed E-state index contributed by atoms with van der Waals surface area (Å²) in [6, 6.07) is 13.7. The predicted molar refractivity (Wildman–Crippen MR) is 113 cm³/mol. The highest BCUT2D eigenvalue weighted by atomic mass is 35.5. The molecule has 0 fully saturated rings. The minimum atomic E-state index is 0. The van der Waals surface area contributed by atoms with Gasteiger partial charge in [-0.05, 0) is 38.9 Å². The third kappa shape index (κ3) is 7.97. The standard InChI is InChI=1S/C21H28ClNO3.ClH/c1-3-24-14-8-13-23-15-17-10-7-12-20(25-4-2)21(17)26-16-18-9-5-6-11-19(18)22;/h5-7,9-12,23H,3-4,8,13-16H2,1-2H3;1H. The average Bonchev–Trinajstić information content (AvgIpc) is 2.65.